The number of carbonyl (C=O) groups excluding carboxylic acids is 1. The molecule has 1 aromatic carbocycles. The number of hydrogen-bond donors (Lipinski definition) is 2. The molecule has 6 heteroatoms. The Labute approximate surface area is 158 Å². The van der Waals surface area contributed by atoms with Gasteiger partial charge < -0.3 is 19.7 Å². The highest BCUT2D eigenvalue weighted by Crippen LogP contribution is 2.25. The number of hydrogen-bond acceptors (Lipinski definition) is 4. The van der Waals surface area contributed by atoms with Crippen LogP contribution in [0.25, 0.3) is 0 Å². The van der Waals surface area contributed by atoms with Crippen LogP contribution >= 0.6 is 0 Å². The molecule has 1 aliphatic heterocycles. The Morgan fingerprint density at radius 2 is 2.04 bits per heavy atom. The lowest BCUT2D eigenvalue weighted by Gasteiger charge is -2.27. The van der Waals surface area contributed by atoms with E-state index in [9.17, 15) is 14.7 Å². The second-order valence-electron chi connectivity index (χ2n) is 7.32. The van der Waals surface area contributed by atoms with Crippen LogP contribution in [0.5, 0.6) is 5.75 Å². The van der Waals surface area contributed by atoms with Crippen LogP contribution in [0.1, 0.15) is 40.7 Å². The van der Waals surface area contributed by atoms with Gasteiger partial charge in [-0.15, -0.1) is 0 Å². The Balaban J connectivity index is 1.63. The first-order valence-electron chi connectivity index (χ1n) is 9.27. The predicted molar refractivity (Wildman–Crippen MR) is 103 cm³/mol. The number of aromatic amines is 1. The van der Waals surface area contributed by atoms with Crippen LogP contribution in [0.2, 0.25) is 0 Å². The number of pyridine rings is 1. The van der Waals surface area contributed by atoms with Gasteiger partial charge in [-0.05, 0) is 68.5 Å². The van der Waals surface area contributed by atoms with E-state index in [-0.39, 0.29) is 23.6 Å². The number of aryl methyl sites for hydroxylation is 2. The molecule has 1 aromatic heterocycles. The molecule has 1 amide bonds. The summed E-state index contributed by atoms with van der Waals surface area (Å²) in [6.45, 7) is 5.15. The molecule has 1 saturated heterocycles. The first-order valence-corrected chi connectivity index (χ1v) is 9.27. The van der Waals surface area contributed by atoms with Crippen molar-refractivity contribution < 1.29 is 14.6 Å². The van der Waals surface area contributed by atoms with Crippen LogP contribution in [0.4, 0.5) is 0 Å². The fraction of sp³-hybridized carbons (Fsp3) is 0.429. The number of benzene rings is 1. The third-order valence-corrected chi connectivity index (χ3v) is 5.24. The molecule has 2 N–H and O–H groups in total. The van der Waals surface area contributed by atoms with Crippen molar-refractivity contribution in [3.63, 3.8) is 0 Å². The monoisotopic (exact) mass is 370 g/mol. The summed E-state index contributed by atoms with van der Waals surface area (Å²) in [5, 5.41) is 10.9. The molecule has 1 aliphatic rings. The first-order chi connectivity index (χ1) is 12.9. The van der Waals surface area contributed by atoms with Gasteiger partial charge in [-0.3, -0.25) is 9.59 Å². The maximum Gasteiger partial charge on any atom is 0.260 e. The Morgan fingerprint density at radius 3 is 2.78 bits per heavy atom. The van der Waals surface area contributed by atoms with Gasteiger partial charge in [0.2, 0.25) is 0 Å². The molecule has 1 unspecified atom stereocenters. The molecule has 0 spiro atoms. The minimum Gasteiger partial charge on any atom is -0.491 e. The van der Waals surface area contributed by atoms with E-state index in [1.807, 2.05) is 32.0 Å². The van der Waals surface area contributed by atoms with E-state index in [2.05, 4.69) is 4.98 Å². The fourth-order valence-electron chi connectivity index (χ4n) is 3.31. The Morgan fingerprint density at radius 1 is 1.22 bits per heavy atom. The summed E-state index contributed by atoms with van der Waals surface area (Å²) in [5.74, 6) is 0.440. The first kappa shape index (κ1) is 19.2. The van der Waals surface area contributed by atoms with Crippen molar-refractivity contribution in [2.45, 2.75) is 38.7 Å². The number of aromatic nitrogens is 1. The van der Waals surface area contributed by atoms with Gasteiger partial charge in [0.25, 0.3) is 11.5 Å². The zero-order chi connectivity index (χ0) is 19.4. The quantitative estimate of drug-likeness (QED) is 0.866. The molecule has 27 heavy (non-hydrogen) atoms. The molecule has 0 saturated carbocycles. The average molecular weight is 370 g/mol. The lowest BCUT2D eigenvalue weighted by Crippen LogP contribution is -2.39. The van der Waals surface area contributed by atoms with Gasteiger partial charge in [-0.2, -0.15) is 0 Å². The van der Waals surface area contributed by atoms with E-state index in [0.717, 1.165) is 11.3 Å². The number of carbonyl (C=O) groups is 1. The minimum absolute atomic E-state index is 0.134. The lowest BCUT2D eigenvalue weighted by molar-refractivity contribution is -0.0163. The summed E-state index contributed by atoms with van der Waals surface area (Å²) in [4.78, 5) is 28.6. The van der Waals surface area contributed by atoms with Crippen molar-refractivity contribution in [1.29, 1.82) is 0 Å². The molecular weight excluding hydrogens is 344 g/mol. The third kappa shape index (κ3) is 4.57. The molecule has 1 fully saturated rings. The number of likely N-dealkylation sites (tertiary alicyclic amines) is 1. The Kier molecular flexibility index (Phi) is 5.65. The summed E-state index contributed by atoms with van der Waals surface area (Å²) >= 11 is 0. The van der Waals surface area contributed by atoms with Crippen molar-refractivity contribution in [3.8, 4) is 5.75 Å². The predicted octanol–water partition coefficient (Wildman–Crippen LogP) is 2.43. The lowest BCUT2D eigenvalue weighted by atomic mass is 9.96. The maximum absolute atomic E-state index is 12.6. The van der Waals surface area contributed by atoms with Crippen LogP contribution < -0.4 is 10.3 Å². The smallest absolute Gasteiger partial charge is 0.260 e. The molecule has 0 radical (unpaired) electrons. The Bertz CT molecular complexity index is 876. The largest absolute Gasteiger partial charge is 0.491 e. The SMILES string of the molecule is Cc1ccc(OCC2(O)CCCN(C(=O)c3ccc[nH]c3=O)CC2)cc1C. The van der Waals surface area contributed by atoms with Gasteiger partial charge in [0, 0.05) is 19.3 Å². The highest BCUT2D eigenvalue weighted by molar-refractivity contribution is 5.93. The second-order valence-corrected chi connectivity index (χ2v) is 7.32. The summed E-state index contributed by atoms with van der Waals surface area (Å²) < 4.78 is 5.83. The van der Waals surface area contributed by atoms with E-state index < -0.39 is 5.60 Å². The minimum atomic E-state index is -0.989. The number of H-pyrrole nitrogens is 1. The second kappa shape index (κ2) is 7.96. The molecule has 2 aromatic rings. The van der Waals surface area contributed by atoms with Gasteiger partial charge in [0.1, 0.15) is 23.5 Å². The highest BCUT2D eigenvalue weighted by Gasteiger charge is 2.33. The topological polar surface area (TPSA) is 82.6 Å². The van der Waals surface area contributed by atoms with Crippen LogP contribution in [0, 0.1) is 13.8 Å². The van der Waals surface area contributed by atoms with Crippen molar-refractivity contribution in [1.82, 2.24) is 9.88 Å². The number of rotatable bonds is 4. The molecule has 0 bridgehead atoms. The molecular formula is C21H26N2O4. The Hall–Kier alpha value is -2.60. The van der Waals surface area contributed by atoms with E-state index in [1.165, 1.54) is 17.8 Å². The van der Waals surface area contributed by atoms with Gasteiger partial charge in [0.05, 0.1) is 0 Å². The van der Waals surface area contributed by atoms with Crippen LogP contribution in [-0.2, 0) is 0 Å². The standard InChI is InChI=1S/C21H26N2O4/c1-15-6-7-17(13-16(15)2)27-14-21(26)8-4-11-23(12-9-21)20(25)18-5-3-10-22-19(18)24/h3,5-7,10,13,26H,4,8-9,11-12,14H2,1-2H3,(H,22,24). The van der Waals surface area contributed by atoms with Crippen LogP contribution in [0.15, 0.2) is 41.3 Å². The highest BCUT2D eigenvalue weighted by atomic mass is 16.5. The summed E-state index contributed by atoms with van der Waals surface area (Å²) in [7, 11) is 0. The number of ether oxygens (including phenoxy) is 1. The normalized spacial score (nSPS) is 20.2. The van der Waals surface area contributed by atoms with Gasteiger partial charge in [0.15, 0.2) is 0 Å². The zero-order valence-corrected chi connectivity index (χ0v) is 15.8. The fourth-order valence-corrected chi connectivity index (χ4v) is 3.31. The molecule has 6 nitrogen and oxygen atoms in total. The molecule has 0 aliphatic carbocycles. The van der Waals surface area contributed by atoms with Crippen LogP contribution in [-0.4, -0.2) is 46.2 Å². The summed E-state index contributed by atoms with van der Waals surface area (Å²) in [5.41, 5.74) is 1.09. The van der Waals surface area contributed by atoms with Gasteiger partial charge in [-0.25, -0.2) is 0 Å². The third-order valence-electron chi connectivity index (χ3n) is 5.24. The van der Waals surface area contributed by atoms with Gasteiger partial charge >= 0.3 is 0 Å². The van der Waals surface area contributed by atoms with Crippen molar-refractivity contribution >= 4 is 5.91 Å². The van der Waals surface area contributed by atoms with E-state index >= 15 is 0 Å². The molecule has 144 valence electrons. The van der Waals surface area contributed by atoms with Crippen molar-refractivity contribution in [2.24, 2.45) is 0 Å². The number of amides is 1. The summed E-state index contributed by atoms with van der Waals surface area (Å²) in [6, 6.07) is 9.04. The molecule has 3 rings (SSSR count). The van der Waals surface area contributed by atoms with E-state index in [1.54, 1.807) is 11.0 Å². The van der Waals surface area contributed by atoms with E-state index in [0.29, 0.717) is 32.4 Å². The van der Waals surface area contributed by atoms with Crippen molar-refractivity contribution in [3.05, 3.63) is 63.6 Å². The van der Waals surface area contributed by atoms with Gasteiger partial charge in [-0.1, -0.05) is 6.07 Å². The molecule has 2 heterocycles. The number of nitrogens with zero attached hydrogens (tertiary/aromatic N) is 1. The average Bonchev–Trinajstić information content (AvgIpc) is 2.85. The van der Waals surface area contributed by atoms with Crippen LogP contribution in [0.3, 0.4) is 0 Å². The van der Waals surface area contributed by atoms with Crippen molar-refractivity contribution in [2.75, 3.05) is 19.7 Å². The van der Waals surface area contributed by atoms with E-state index in [4.69, 9.17) is 4.74 Å². The molecule has 1 atom stereocenters. The summed E-state index contributed by atoms with van der Waals surface area (Å²) in [6.07, 6.45) is 3.12. The zero-order valence-electron chi connectivity index (χ0n) is 15.8. The maximum atomic E-state index is 12.6. The number of aliphatic hydroxyl groups is 1. The number of nitrogens with one attached hydrogen (secondary N) is 1.